The van der Waals surface area contributed by atoms with Gasteiger partial charge in [-0.05, 0) is 66.9 Å². The van der Waals surface area contributed by atoms with Crippen LogP contribution in [0.1, 0.15) is 22.3 Å². The van der Waals surface area contributed by atoms with Crippen LogP contribution < -0.4 is 10.1 Å². The third-order valence-corrected chi connectivity index (χ3v) is 7.07. The van der Waals surface area contributed by atoms with E-state index >= 15 is 0 Å². The third kappa shape index (κ3) is 4.65. The van der Waals surface area contributed by atoms with Gasteiger partial charge in [0.15, 0.2) is 5.82 Å². The summed E-state index contributed by atoms with van der Waals surface area (Å²) in [5.74, 6) is 1.98. The summed E-state index contributed by atoms with van der Waals surface area (Å²) < 4.78 is 6.14. The van der Waals surface area contributed by atoms with Crippen molar-refractivity contribution in [2.45, 2.75) is 25.3 Å². The van der Waals surface area contributed by atoms with Crippen LogP contribution in [0.25, 0.3) is 11.4 Å². The molecule has 4 aromatic rings. The van der Waals surface area contributed by atoms with Crippen LogP contribution in [0.5, 0.6) is 11.6 Å². The standard InChI is InChI=1S/C27H22ClN3O2S/c1-16-6-5-8-22(17(16)2)29-24(32)15-34-27-21-14-19-7-3-4-9-23(19)33-26(21)30-25(31-27)18-10-12-20(28)13-11-18/h3-13H,14-15H2,1-2H3,(H,29,32). The number of ether oxygens (including phenoxy) is 1. The Labute approximate surface area is 207 Å². The summed E-state index contributed by atoms with van der Waals surface area (Å²) in [7, 11) is 0. The van der Waals surface area contributed by atoms with Crippen molar-refractivity contribution < 1.29 is 9.53 Å². The fraction of sp³-hybridized carbons (Fsp3) is 0.148. The van der Waals surface area contributed by atoms with Gasteiger partial charge in [0.25, 0.3) is 0 Å². The van der Waals surface area contributed by atoms with Crippen molar-refractivity contribution >= 4 is 35.0 Å². The number of aromatic nitrogens is 2. The Kier molecular flexibility index (Phi) is 6.26. The SMILES string of the molecule is Cc1cccc(NC(=O)CSc2nc(-c3ccc(Cl)cc3)nc3c2Cc2ccccc2O3)c1C. The first-order valence-corrected chi connectivity index (χ1v) is 12.3. The fourth-order valence-corrected chi connectivity index (χ4v) is 4.73. The molecule has 1 aliphatic rings. The van der Waals surface area contributed by atoms with Crippen LogP contribution in [0, 0.1) is 13.8 Å². The number of amides is 1. The van der Waals surface area contributed by atoms with Crippen LogP contribution in [0.3, 0.4) is 0 Å². The summed E-state index contributed by atoms with van der Waals surface area (Å²) in [6, 6.07) is 21.2. The predicted molar refractivity (Wildman–Crippen MR) is 137 cm³/mol. The Balaban J connectivity index is 1.44. The van der Waals surface area contributed by atoms with Gasteiger partial charge in [-0.25, -0.2) is 4.98 Å². The Morgan fingerprint density at radius 2 is 1.82 bits per heavy atom. The topological polar surface area (TPSA) is 64.1 Å². The molecule has 34 heavy (non-hydrogen) atoms. The highest BCUT2D eigenvalue weighted by molar-refractivity contribution is 8.00. The molecule has 0 atom stereocenters. The number of para-hydroxylation sites is 1. The number of thioether (sulfide) groups is 1. The lowest BCUT2D eigenvalue weighted by atomic mass is 10.0. The number of hydrogen-bond donors (Lipinski definition) is 1. The van der Waals surface area contributed by atoms with Crippen LogP contribution in [-0.2, 0) is 11.2 Å². The molecule has 0 radical (unpaired) electrons. The Hall–Kier alpha value is -3.35. The zero-order valence-electron chi connectivity index (χ0n) is 18.8. The zero-order chi connectivity index (χ0) is 23.7. The number of fused-ring (bicyclic) bond motifs is 2. The van der Waals surface area contributed by atoms with Crippen LogP contribution >= 0.6 is 23.4 Å². The molecule has 1 aromatic heterocycles. The van der Waals surface area contributed by atoms with E-state index in [-0.39, 0.29) is 11.7 Å². The van der Waals surface area contributed by atoms with Gasteiger partial charge in [-0.1, -0.05) is 53.7 Å². The molecule has 5 nitrogen and oxygen atoms in total. The third-order valence-electron chi connectivity index (χ3n) is 5.80. The second-order valence-electron chi connectivity index (χ2n) is 8.11. The molecule has 1 N–H and O–H groups in total. The summed E-state index contributed by atoms with van der Waals surface area (Å²) in [5.41, 5.74) is 5.82. The van der Waals surface area contributed by atoms with Crippen molar-refractivity contribution in [3.8, 4) is 23.0 Å². The molecule has 0 aliphatic carbocycles. The molecule has 0 spiro atoms. The maximum atomic E-state index is 12.8. The van der Waals surface area contributed by atoms with Gasteiger partial charge in [0.2, 0.25) is 11.8 Å². The van der Waals surface area contributed by atoms with Gasteiger partial charge in [0, 0.05) is 22.7 Å². The van der Waals surface area contributed by atoms with Crippen LogP contribution in [0.4, 0.5) is 5.69 Å². The number of carbonyl (C=O) groups is 1. The van der Waals surface area contributed by atoms with Crippen LogP contribution in [0.15, 0.2) is 71.8 Å². The van der Waals surface area contributed by atoms with E-state index < -0.39 is 0 Å². The molecule has 0 bridgehead atoms. The number of rotatable bonds is 5. The Morgan fingerprint density at radius 3 is 2.65 bits per heavy atom. The smallest absolute Gasteiger partial charge is 0.234 e. The number of halogens is 1. The minimum atomic E-state index is -0.0868. The highest BCUT2D eigenvalue weighted by atomic mass is 35.5. The largest absolute Gasteiger partial charge is 0.438 e. The van der Waals surface area contributed by atoms with E-state index in [0.29, 0.717) is 23.1 Å². The number of benzene rings is 3. The van der Waals surface area contributed by atoms with Crippen molar-refractivity contribution in [1.29, 1.82) is 0 Å². The minimum Gasteiger partial charge on any atom is -0.438 e. The quantitative estimate of drug-likeness (QED) is 0.217. The summed E-state index contributed by atoms with van der Waals surface area (Å²) in [6.45, 7) is 4.04. The van der Waals surface area contributed by atoms with E-state index in [1.54, 1.807) is 12.1 Å². The monoisotopic (exact) mass is 487 g/mol. The van der Waals surface area contributed by atoms with Crippen molar-refractivity contribution in [2.24, 2.45) is 0 Å². The second-order valence-corrected chi connectivity index (χ2v) is 9.51. The first-order valence-electron chi connectivity index (χ1n) is 10.9. The second kappa shape index (κ2) is 9.49. The average Bonchev–Trinajstić information content (AvgIpc) is 2.84. The van der Waals surface area contributed by atoms with Gasteiger partial charge in [-0.3, -0.25) is 4.79 Å². The molecule has 2 heterocycles. The lowest BCUT2D eigenvalue weighted by Gasteiger charge is -2.21. The number of nitrogens with one attached hydrogen (secondary N) is 1. The van der Waals surface area contributed by atoms with Crippen molar-refractivity contribution in [3.05, 3.63) is 94.0 Å². The first kappa shape index (κ1) is 22.4. The highest BCUT2D eigenvalue weighted by Crippen LogP contribution is 2.40. The minimum absolute atomic E-state index is 0.0868. The summed E-state index contributed by atoms with van der Waals surface area (Å²) in [4.78, 5) is 22.3. The van der Waals surface area contributed by atoms with Gasteiger partial charge in [0.1, 0.15) is 10.8 Å². The number of aryl methyl sites for hydroxylation is 1. The first-order chi connectivity index (χ1) is 16.5. The molecular weight excluding hydrogens is 466 g/mol. The highest BCUT2D eigenvalue weighted by Gasteiger charge is 2.24. The number of nitrogens with zero attached hydrogens (tertiary/aromatic N) is 2. The predicted octanol–water partition coefficient (Wildman–Crippen LogP) is 6.84. The van der Waals surface area contributed by atoms with E-state index in [9.17, 15) is 4.79 Å². The average molecular weight is 488 g/mol. The van der Waals surface area contributed by atoms with E-state index in [0.717, 1.165) is 44.3 Å². The van der Waals surface area contributed by atoms with E-state index in [1.807, 2.05) is 68.4 Å². The number of anilines is 1. The van der Waals surface area contributed by atoms with E-state index in [1.165, 1.54) is 11.8 Å². The van der Waals surface area contributed by atoms with Gasteiger partial charge in [-0.15, -0.1) is 0 Å². The van der Waals surface area contributed by atoms with E-state index in [2.05, 4.69) is 5.32 Å². The van der Waals surface area contributed by atoms with Crippen molar-refractivity contribution in [3.63, 3.8) is 0 Å². The summed E-state index contributed by atoms with van der Waals surface area (Å²) >= 11 is 7.45. The Bertz CT molecular complexity index is 1390. The molecule has 5 rings (SSSR count). The number of hydrogen-bond acceptors (Lipinski definition) is 5. The molecule has 0 saturated carbocycles. The lowest BCUT2D eigenvalue weighted by molar-refractivity contribution is -0.113. The molecule has 170 valence electrons. The zero-order valence-corrected chi connectivity index (χ0v) is 20.3. The molecule has 1 amide bonds. The Morgan fingerprint density at radius 1 is 1.03 bits per heavy atom. The molecule has 0 saturated heterocycles. The summed E-state index contributed by atoms with van der Waals surface area (Å²) in [5, 5.41) is 4.40. The fourth-order valence-electron chi connectivity index (χ4n) is 3.78. The van der Waals surface area contributed by atoms with Crippen LogP contribution in [0.2, 0.25) is 5.02 Å². The van der Waals surface area contributed by atoms with Gasteiger partial charge in [0.05, 0.1) is 11.3 Å². The van der Waals surface area contributed by atoms with Gasteiger partial charge in [-0.2, -0.15) is 4.98 Å². The molecule has 7 heteroatoms. The maximum Gasteiger partial charge on any atom is 0.234 e. The normalized spacial score (nSPS) is 11.9. The van der Waals surface area contributed by atoms with Crippen LogP contribution in [-0.4, -0.2) is 21.6 Å². The molecule has 0 unspecified atom stereocenters. The van der Waals surface area contributed by atoms with Crippen molar-refractivity contribution in [1.82, 2.24) is 9.97 Å². The van der Waals surface area contributed by atoms with Gasteiger partial charge < -0.3 is 10.1 Å². The van der Waals surface area contributed by atoms with Gasteiger partial charge >= 0.3 is 0 Å². The van der Waals surface area contributed by atoms with Crippen molar-refractivity contribution in [2.75, 3.05) is 11.1 Å². The number of carbonyl (C=O) groups excluding carboxylic acids is 1. The molecular formula is C27H22ClN3O2S. The molecule has 3 aromatic carbocycles. The molecule has 0 fully saturated rings. The summed E-state index contributed by atoms with van der Waals surface area (Å²) in [6.07, 6.45) is 0.646. The lowest BCUT2D eigenvalue weighted by Crippen LogP contribution is -2.16. The maximum absolute atomic E-state index is 12.8. The molecule has 1 aliphatic heterocycles. The van der Waals surface area contributed by atoms with E-state index in [4.69, 9.17) is 26.3 Å².